The summed E-state index contributed by atoms with van der Waals surface area (Å²) in [6.07, 6.45) is 4.63. The number of carbonyl (C=O) groups is 2. The fourth-order valence-electron chi connectivity index (χ4n) is 5.13. The summed E-state index contributed by atoms with van der Waals surface area (Å²) in [5.74, 6) is -0.0358. The van der Waals surface area contributed by atoms with Gasteiger partial charge in [0.1, 0.15) is 5.82 Å². The minimum Gasteiger partial charge on any atom is -0.466 e. The summed E-state index contributed by atoms with van der Waals surface area (Å²) in [5.41, 5.74) is 3.89. The lowest BCUT2D eigenvalue weighted by Gasteiger charge is -2.31. The Morgan fingerprint density at radius 2 is 1.97 bits per heavy atom. The molecule has 0 N–H and O–H groups in total. The molecule has 0 spiro atoms. The molecule has 0 bridgehead atoms. The Morgan fingerprint density at radius 3 is 2.67 bits per heavy atom. The van der Waals surface area contributed by atoms with Crippen molar-refractivity contribution >= 4 is 23.5 Å². The van der Waals surface area contributed by atoms with Crippen molar-refractivity contribution in [2.24, 2.45) is 11.8 Å². The minimum atomic E-state index is -0.371. The molecule has 1 aromatic carbocycles. The number of carbonyl (C=O) groups excluding carboxylic acids is 2. The normalized spacial score (nSPS) is 20.4. The SMILES string of the molecule is CCOC(=O)C1CCC(CC(=O)N2CCc3c(C)nn(Cc4cc(F)cc(Cl)c4)c3C2)CC1. The zero-order valence-electron chi connectivity index (χ0n) is 19.3. The molecule has 6 nitrogen and oxygen atoms in total. The highest BCUT2D eigenvalue weighted by molar-refractivity contribution is 6.30. The van der Waals surface area contributed by atoms with E-state index in [0.29, 0.717) is 43.6 Å². The molecule has 1 fully saturated rings. The van der Waals surface area contributed by atoms with Crippen molar-refractivity contribution in [2.45, 2.75) is 65.5 Å². The second-order valence-corrected chi connectivity index (χ2v) is 9.62. The van der Waals surface area contributed by atoms with E-state index in [0.717, 1.165) is 49.1 Å². The van der Waals surface area contributed by atoms with Crippen LogP contribution in [0.5, 0.6) is 0 Å². The number of hydrogen-bond donors (Lipinski definition) is 0. The third-order valence-corrected chi connectivity index (χ3v) is 7.10. The van der Waals surface area contributed by atoms with Crippen molar-refractivity contribution in [3.63, 3.8) is 0 Å². The molecule has 0 unspecified atom stereocenters. The molecule has 1 saturated carbocycles. The summed E-state index contributed by atoms with van der Waals surface area (Å²) in [5, 5.41) is 5.02. The van der Waals surface area contributed by atoms with Crippen molar-refractivity contribution in [2.75, 3.05) is 13.2 Å². The molecule has 0 radical (unpaired) electrons. The van der Waals surface area contributed by atoms with Gasteiger partial charge in [-0.15, -0.1) is 0 Å². The van der Waals surface area contributed by atoms with Crippen molar-refractivity contribution < 1.29 is 18.7 Å². The van der Waals surface area contributed by atoms with Crippen LogP contribution in [0.15, 0.2) is 18.2 Å². The van der Waals surface area contributed by atoms with Crippen LogP contribution in [0.1, 0.15) is 61.5 Å². The third-order valence-electron chi connectivity index (χ3n) is 6.88. The summed E-state index contributed by atoms with van der Waals surface area (Å²) in [4.78, 5) is 27.0. The van der Waals surface area contributed by atoms with E-state index in [1.807, 2.05) is 23.4 Å². The number of aryl methyl sites for hydroxylation is 1. The zero-order valence-corrected chi connectivity index (χ0v) is 20.0. The van der Waals surface area contributed by atoms with Gasteiger partial charge >= 0.3 is 5.97 Å². The molecule has 2 aromatic rings. The molecule has 1 aliphatic carbocycles. The van der Waals surface area contributed by atoms with Crippen LogP contribution in [-0.4, -0.2) is 39.7 Å². The number of halogens is 2. The zero-order chi connectivity index (χ0) is 23.5. The summed E-state index contributed by atoms with van der Waals surface area (Å²) < 4.78 is 20.8. The smallest absolute Gasteiger partial charge is 0.308 e. The molecule has 0 atom stereocenters. The van der Waals surface area contributed by atoms with E-state index < -0.39 is 0 Å². The number of rotatable bonds is 6. The first-order valence-corrected chi connectivity index (χ1v) is 12.2. The minimum absolute atomic E-state index is 0.0255. The second kappa shape index (κ2) is 10.2. The van der Waals surface area contributed by atoms with Gasteiger partial charge in [0.25, 0.3) is 0 Å². The van der Waals surface area contributed by atoms with Crippen molar-refractivity contribution in [1.29, 1.82) is 0 Å². The van der Waals surface area contributed by atoms with Crippen LogP contribution in [0, 0.1) is 24.6 Å². The van der Waals surface area contributed by atoms with Gasteiger partial charge in [-0.1, -0.05) is 11.6 Å². The number of benzene rings is 1. The first-order valence-electron chi connectivity index (χ1n) is 11.8. The lowest BCUT2D eigenvalue weighted by molar-refractivity contribution is -0.149. The van der Waals surface area contributed by atoms with Crippen LogP contribution in [0.2, 0.25) is 5.02 Å². The predicted octanol–water partition coefficient (Wildman–Crippen LogP) is 4.68. The Balaban J connectivity index is 1.38. The first-order chi connectivity index (χ1) is 15.8. The maximum atomic E-state index is 13.8. The van der Waals surface area contributed by atoms with E-state index in [9.17, 15) is 14.0 Å². The molecular weight excluding hydrogens is 445 g/mol. The largest absolute Gasteiger partial charge is 0.466 e. The van der Waals surface area contributed by atoms with Gasteiger partial charge in [-0.2, -0.15) is 5.10 Å². The molecule has 33 heavy (non-hydrogen) atoms. The number of hydrogen-bond acceptors (Lipinski definition) is 4. The molecule has 0 saturated heterocycles. The molecule has 1 aromatic heterocycles. The van der Waals surface area contributed by atoms with Gasteiger partial charge in [0.15, 0.2) is 0 Å². The van der Waals surface area contributed by atoms with Crippen molar-refractivity contribution in [3.05, 3.63) is 51.6 Å². The Bertz CT molecular complexity index is 1010. The number of esters is 1. The lowest BCUT2D eigenvalue weighted by atomic mass is 9.80. The predicted molar refractivity (Wildman–Crippen MR) is 123 cm³/mol. The Kier molecular flexibility index (Phi) is 7.37. The maximum Gasteiger partial charge on any atom is 0.308 e. The molecule has 2 heterocycles. The van der Waals surface area contributed by atoms with Crippen LogP contribution >= 0.6 is 11.6 Å². The highest BCUT2D eigenvalue weighted by atomic mass is 35.5. The summed E-state index contributed by atoms with van der Waals surface area (Å²) in [7, 11) is 0. The van der Waals surface area contributed by atoms with Crippen LogP contribution in [-0.2, 0) is 33.8 Å². The molecule has 178 valence electrons. The average Bonchev–Trinajstić information content (AvgIpc) is 3.08. The topological polar surface area (TPSA) is 64.4 Å². The highest BCUT2D eigenvalue weighted by Gasteiger charge is 2.31. The second-order valence-electron chi connectivity index (χ2n) is 9.19. The van der Waals surface area contributed by atoms with E-state index in [-0.39, 0.29) is 23.6 Å². The van der Waals surface area contributed by atoms with E-state index in [4.69, 9.17) is 16.3 Å². The Hall–Kier alpha value is -2.41. The summed E-state index contributed by atoms with van der Waals surface area (Å²) >= 11 is 6.02. The quantitative estimate of drug-likeness (QED) is 0.569. The first kappa shape index (κ1) is 23.7. The fourth-order valence-corrected chi connectivity index (χ4v) is 5.38. The van der Waals surface area contributed by atoms with Crippen molar-refractivity contribution in [1.82, 2.24) is 14.7 Å². The average molecular weight is 476 g/mol. The van der Waals surface area contributed by atoms with E-state index >= 15 is 0 Å². The standard InChI is InChI=1S/C25H31ClFN3O3/c1-3-33-25(32)19-6-4-17(5-7-19)12-24(31)29-9-8-22-16(2)28-30(23(22)15-29)14-18-10-20(26)13-21(27)11-18/h10-11,13,17,19H,3-9,12,14-15H2,1-2H3. The fraction of sp³-hybridized carbons (Fsp3) is 0.560. The maximum absolute atomic E-state index is 13.8. The van der Waals surface area contributed by atoms with E-state index in [1.165, 1.54) is 17.7 Å². The van der Waals surface area contributed by atoms with Crippen LogP contribution in [0.25, 0.3) is 0 Å². The molecular formula is C25H31ClFN3O3. The number of nitrogens with zero attached hydrogens (tertiary/aromatic N) is 3. The van der Waals surface area contributed by atoms with Gasteiger partial charge in [-0.05, 0) is 81.2 Å². The van der Waals surface area contributed by atoms with Crippen molar-refractivity contribution in [3.8, 4) is 0 Å². The van der Waals surface area contributed by atoms with Gasteiger partial charge in [0.05, 0.1) is 37.0 Å². The van der Waals surface area contributed by atoms with E-state index in [2.05, 4.69) is 5.10 Å². The van der Waals surface area contributed by atoms with Gasteiger partial charge in [0.2, 0.25) is 5.91 Å². The number of fused-ring (bicyclic) bond motifs is 1. The Morgan fingerprint density at radius 1 is 1.21 bits per heavy atom. The third kappa shape index (κ3) is 5.57. The molecule has 1 amide bonds. The highest BCUT2D eigenvalue weighted by Crippen LogP contribution is 2.33. The van der Waals surface area contributed by atoms with Crippen LogP contribution in [0.4, 0.5) is 4.39 Å². The van der Waals surface area contributed by atoms with E-state index in [1.54, 1.807) is 6.07 Å². The van der Waals surface area contributed by atoms with Crippen LogP contribution in [0.3, 0.4) is 0 Å². The van der Waals surface area contributed by atoms with Gasteiger partial charge in [-0.25, -0.2) is 4.39 Å². The molecule has 2 aliphatic rings. The summed E-state index contributed by atoms with van der Waals surface area (Å²) in [6.45, 7) is 5.82. The monoisotopic (exact) mass is 475 g/mol. The number of aromatic nitrogens is 2. The molecule has 8 heteroatoms. The Labute approximate surface area is 199 Å². The van der Waals surface area contributed by atoms with Gasteiger partial charge in [0, 0.05) is 18.0 Å². The number of ether oxygens (including phenoxy) is 1. The van der Waals surface area contributed by atoms with Gasteiger partial charge in [-0.3, -0.25) is 14.3 Å². The molecule has 1 aliphatic heterocycles. The molecule has 4 rings (SSSR count). The number of amides is 1. The lowest BCUT2D eigenvalue weighted by Crippen LogP contribution is -2.38. The van der Waals surface area contributed by atoms with Crippen LogP contribution < -0.4 is 0 Å². The summed E-state index contributed by atoms with van der Waals surface area (Å²) in [6, 6.07) is 4.50. The van der Waals surface area contributed by atoms with Gasteiger partial charge < -0.3 is 9.64 Å².